The average molecular weight is 417 g/mol. The molecule has 0 aliphatic heterocycles. The maximum absolute atomic E-state index is 12.4. The van der Waals surface area contributed by atoms with Crippen LogP contribution in [0.1, 0.15) is 19.8 Å². The topological polar surface area (TPSA) is 52.8 Å². The molecule has 1 aromatic heterocycles. The molecule has 0 radical (unpaired) electrons. The summed E-state index contributed by atoms with van der Waals surface area (Å²) >= 11 is 3.22. The first-order chi connectivity index (χ1) is 13.7. The van der Waals surface area contributed by atoms with E-state index in [0.29, 0.717) is 17.8 Å². The number of benzene rings is 2. The van der Waals surface area contributed by atoms with Crippen molar-refractivity contribution in [3.8, 4) is 11.5 Å². The molecule has 1 amide bonds. The zero-order valence-electron chi connectivity index (χ0n) is 16.3. The molecular weight excluding hydrogens is 392 g/mol. The van der Waals surface area contributed by atoms with Crippen LogP contribution in [0.2, 0.25) is 0 Å². The summed E-state index contributed by atoms with van der Waals surface area (Å²) in [5.74, 6) is 2.31. The van der Waals surface area contributed by atoms with Gasteiger partial charge >= 0.3 is 0 Å². The van der Waals surface area contributed by atoms with E-state index in [1.54, 1.807) is 26.0 Å². The number of hydrogen-bond acceptors (Lipinski definition) is 5. The minimum absolute atomic E-state index is 0.0969. The molecule has 0 aliphatic carbocycles. The molecule has 0 saturated heterocycles. The second-order valence-electron chi connectivity index (χ2n) is 6.05. The Morgan fingerprint density at radius 3 is 2.50 bits per heavy atom. The van der Waals surface area contributed by atoms with E-state index in [2.05, 4.69) is 17.1 Å². The fourth-order valence-corrected chi connectivity index (χ4v) is 5.02. The molecule has 148 valence electrons. The minimum Gasteiger partial charge on any atom is -0.495 e. The van der Waals surface area contributed by atoms with Gasteiger partial charge < -0.3 is 14.0 Å². The second-order valence-corrected chi connectivity index (χ2v) is 8.19. The van der Waals surface area contributed by atoms with E-state index in [-0.39, 0.29) is 5.91 Å². The van der Waals surface area contributed by atoms with Crippen molar-refractivity contribution in [2.24, 2.45) is 4.99 Å². The third kappa shape index (κ3) is 4.59. The Hall–Kier alpha value is -2.25. The molecule has 5 nitrogen and oxygen atoms in total. The van der Waals surface area contributed by atoms with Crippen molar-refractivity contribution in [2.45, 2.75) is 31.2 Å². The average Bonchev–Trinajstić information content (AvgIpc) is 3.09. The zero-order chi connectivity index (χ0) is 19.9. The van der Waals surface area contributed by atoms with Gasteiger partial charge in [-0.15, -0.1) is 11.8 Å². The first-order valence-corrected chi connectivity index (χ1v) is 11.0. The van der Waals surface area contributed by atoms with Gasteiger partial charge in [-0.2, -0.15) is 4.99 Å². The smallest absolute Gasteiger partial charge is 0.248 e. The highest BCUT2D eigenvalue weighted by molar-refractivity contribution is 7.99. The van der Waals surface area contributed by atoms with Gasteiger partial charge in [-0.25, -0.2) is 0 Å². The third-order valence-electron chi connectivity index (χ3n) is 4.28. The summed E-state index contributed by atoms with van der Waals surface area (Å²) in [4.78, 5) is 18.7. The Morgan fingerprint density at radius 2 is 1.82 bits per heavy atom. The number of ether oxygens (including phenoxy) is 2. The number of aromatic nitrogens is 1. The van der Waals surface area contributed by atoms with Gasteiger partial charge in [-0.1, -0.05) is 29.5 Å². The first-order valence-electron chi connectivity index (χ1n) is 9.17. The van der Waals surface area contributed by atoms with Crippen LogP contribution in [0.3, 0.4) is 0 Å². The Kier molecular flexibility index (Phi) is 7.17. The van der Waals surface area contributed by atoms with Gasteiger partial charge in [0.1, 0.15) is 21.7 Å². The molecule has 0 N–H and O–H groups in total. The number of thiazole rings is 1. The molecule has 0 atom stereocenters. The highest BCUT2D eigenvalue weighted by Gasteiger charge is 2.15. The van der Waals surface area contributed by atoms with E-state index in [4.69, 9.17) is 9.47 Å². The maximum atomic E-state index is 12.4. The van der Waals surface area contributed by atoms with E-state index in [9.17, 15) is 4.79 Å². The highest BCUT2D eigenvalue weighted by atomic mass is 32.2. The predicted molar refractivity (Wildman–Crippen MR) is 116 cm³/mol. The summed E-state index contributed by atoms with van der Waals surface area (Å²) in [5, 5.41) is 0. The van der Waals surface area contributed by atoms with Gasteiger partial charge in [-0.05, 0) is 43.4 Å². The van der Waals surface area contributed by atoms with Crippen molar-refractivity contribution in [2.75, 3.05) is 20.0 Å². The molecular formula is C21H24N2O3S2. The number of aryl methyl sites for hydroxylation is 1. The summed E-state index contributed by atoms with van der Waals surface area (Å²) in [6.07, 6.45) is 1.23. The summed E-state index contributed by atoms with van der Waals surface area (Å²) in [6.45, 7) is 2.73. The number of fused-ring (bicyclic) bond motifs is 1. The summed E-state index contributed by atoms with van der Waals surface area (Å²) in [6, 6.07) is 14.0. The fraction of sp³-hybridized carbons (Fsp3) is 0.333. The molecule has 0 unspecified atom stereocenters. The van der Waals surface area contributed by atoms with E-state index < -0.39 is 0 Å². The van der Waals surface area contributed by atoms with Crippen LogP contribution in [0, 0.1) is 0 Å². The summed E-state index contributed by atoms with van der Waals surface area (Å²) < 4.78 is 13.9. The van der Waals surface area contributed by atoms with Crippen LogP contribution in [0.25, 0.3) is 10.2 Å². The van der Waals surface area contributed by atoms with E-state index in [1.165, 1.54) is 16.2 Å². The fourth-order valence-electron chi connectivity index (χ4n) is 2.93. The van der Waals surface area contributed by atoms with Crippen LogP contribution in [0.15, 0.2) is 52.4 Å². The lowest BCUT2D eigenvalue weighted by molar-refractivity contribution is -0.118. The zero-order valence-corrected chi connectivity index (χ0v) is 17.9. The van der Waals surface area contributed by atoms with Crippen LogP contribution in [-0.2, 0) is 11.3 Å². The first kappa shape index (κ1) is 20.5. The van der Waals surface area contributed by atoms with Crippen LogP contribution in [-0.4, -0.2) is 30.4 Å². The van der Waals surface area contributed by atoms with Gasteiger partial charge in [0, 0.05) is 17.9 Å². The van der Waals surface area contributed by atoms with Gasteiger partial charge in [0.05, 0.1) is 14.2 Å². The molecule has 0 spiro atoms. The molecule has 0 aliphatic rings. The van der Waals surface area contributed by atoms with Gasteiger partial charge in [0.25, 0.3) is 0 Å². The van der Waals surface area contributed by atoms with E-state index in [0.717, 1.165) is 33.9 Å². The van der Waals surface area contributed by atoms with Crippen molar-refractivity contribution in [3.05, 3.63) is 47.3 Å². The van der Waals surface area contributed by atoms with Gasteiger partial charge in [-0.3, -0.25) is 4.79 Å². The molecule has 28 heavy (non-hydrogen) atoms. The number of methoxy groups -OCH3 is 2. The standard InChI is InChI=1S/C21H24N2O3S2/c1-4-23-19-16(25-2)12-13-17(26-3)20(19)28-21(23)22-18(24)11-8-14-27-15-9-6-5-7-10-15/h5-7,9-10,12-13H,4,8,11,14H2,1-3H3. The van der Waals surface area contributed by atoms with Crippen molar-refractivity contribution in [1.29, 1.82) is 0 Å². The molecule has 0 saturated carbocycles. The second kappa shape index (κ2) is 9.80. The van der Waals surface area contributed by atoms with Crippen LogP contribution < -0.4 is 14.3 Å². The molecule has 7 heteroatoms. The predicted octanol–water partition coefficient (Wildman–Crippen LogP) is 4.74. The molecule has 1 heterocycles. The van der Waals surface area contributed by atoms with Crippen molar-refractivity contribution in [1.82, 2.24) is 4.57 Å². The quantitative estimate of drug-likeness (QED) is 0.393. The highest BCUT2D eigenvalue weighted by Crippen LogP contribution is 2.35. The molecule has 3 aromatic rings. The monoisotopic (exact) mass is 416 g/mol. The minimum atomic E-state index is -0.0969. The largest absolute Gasteiger partial charge is 0.495 e. The number of carbonyl (C=O) groups excluding carboxylic acids is 1. The number of thioether (sulfide) groups is 1. The van der Waals surface area contributed by atoms with Gasteiger partial charge in [0.2, 0.25) is 5.91 Å². The SMILES string of the molecule is CCn1c(=NC(=O)CCCSc2ccccc2)sc2c(OC)ccc(OC)c21. The number of amides is 1. The van der Waals surface area contributed by atoms with Crippen LogP contribution in [0.5, 0.6) is 11.5 Å². The number of nitrogens with zero attached hydrogens (tertiary/aromatic N) is 2. The lowest BCUT2D eigenvalue weighted by Gasteiger charge is -2.08. The number of rotatable bonds is 8. The van der Waals surface area contributed by atoms with Crippen molar-refractivity contribution in [3.63, 3.8) is 0 Å². The van der Waals surface area contributed by atoms with Gasteiger partial charge in [0.15, 0.2) is 4.80 Å². The molecule has 0 bridgehead atoms. The third-order valence-corrected chi connectivity index (χ3v) is 6.47. The Morgan fingerprint density at radius 1 is 1.11 bits per heavy atom. The number of carbonyl (C=O) groups is 1. The van der Waals surface area contributed by atoms with Crippen LogP contribution >= 0.6 is 23.1 Å². The molecule has 2 aromatic carbocycles. The Balaban J connectivity index is 1.78. The lowest BCUT2D eigenvalue weighted by Crippen LogP contribution is -2.16. The Labute approximate surface area is 173 Å². The van der Waals surface area contributed by atoms with Crippen molar-refractivity contribution < 1.29 is 14.3 Å². The lowest BCUT2D eigenvalue weighted by atomic mass is 10.3. The molecule has 3 rings (SSSR count). The van der Waals surface area contributed by atoms with E-state index in [1.807, 2.05) is 41.8 Å². The van der Waals surface area contributed by atoms with E-state index >= 15 is 0 Å². The van der Waals surface area contributed by atoms with Crippen LogP contribution in [0.4, 0.5) is 0 Å². The molecule has 0 fully saturated rings. The van der Waals surface area contributed by atoms with Crippen molar-refractivity contribution >= 4 is 39.2 Å². The maximum Gasteiger partial charge on any atom is 0.248 e. The number of hydrogen-bond donors (Lipinski definition) is 0. The summed E-state index contributed by atoms with van der Waals surface area (Å²) in [7, 11) is 3.29. The summed E-state index contributed by atoms with van der Waals surface area (Å²) in [5.41, 5.74) is 0.917. The Bertz CT molecular complexity index is 1010. The normalized spacial score (nSPS) is 11.8.